The zero-order valence-electron chi connectivity index (χ0n) is 14.2. The van der Waals surface area contributed by atoms with Crippen molar-refractivity contribution in [1.82, 2.24) is 24.9 Å². The number of carbonyl (C=O) groups is 1. The Kier molecular flexibility index (Phi) is 4.13. The molecular formula is C18H21N5O2. The van der Waals surface area contributed by atoms with E-state index < -0.39 is 0 Å². The van der Waals surface area contributed by atoms with Crippen molar-refractivity contribution < 1.29 is 9.21 Å². The van der Waals surface area contributed by atoms with E-state index in [1.807, 2.05) is 41.0 Å². The molecule has 1 atom stereocenters. The normalized spacial score (nSPS) is 17.8. The summed E-state index contributed by atoms with van der Waals surface area (Å²) in [7, 11) is 0. The monoisotopic (exact) mass is 339 g/mol. The lowest BCUT2D eigenvalue weighted by Crippen LogP contribution is -2.46. The number of aryl methyl sites for hydroxylation is 1. The lowest BCUT2D eigenvalue weighted by atomic mass is 10.0. The minimum Gasteiger partial charge on any atom is -0.463 e. The van der Waals surface area contributed by atoms with E-state index in [9.17, 15) is 4.79 Å². The van der Waals surface area contributed by atoms with Gasteiger partial charge in [-0.15, -0.1) is 0 Å². The van der Waals surface area contributed by atoms with Crippen LogP contribution in [-0.4, -0.2) is 43.4 Å². The molecule has 0 radical (unpaired) electrons. The van der Waals surface area contributed by atoms with Gasteiger partial charge in [0, 0.05) is 18.8 Å². The Bertz CT molecular complexity index is 849. The topological polar surface area (TPSA) is 80.0 Å². The van der Waals surface area contributed by atoms with E-state index >= 15 is 0 Å². The molecule has 7 heteroatoms. The van der Waals surface area contributed by atoms with Crippen LogP contribution in [0.25, 0.3) is 11.5 Å². The summed E-state index contributed by atoms with van der Waals surface area (Å²) in [4.78, 5) is 14.9. The van der Waals surface area contributed by atoms with Crippen LogP contribution in [0.5, 0.6) is 0 Å². The van der Waals surface area contributed by atoms with Crippen molar-refractivity contribution in [1.29, 1.82) is 0 Å². The maximum atomic E-state index is 13.0. The number of amides is 1. The highest BCUT2D eigenvalue weighted by Crippen LogP contribution is 2.23. The van der Waals surface area contributed by atoms with Gasteiger partial charge in [0.15, 0.2) is 11.5 Å². The third kappa shape index (κ3) is 3.22. The molecule has 0 spiro atoms. The summed E-state index contributed by atoms with van der Waals surface area (Å²) in [5, 5.41) is 11.4. The van der Waals surface area contributed by atoms with Gasteiger partial charge in [0.1, 0.15) is 5.69 Å². The summed E-state index contributed by atoms with van der Waals surface area (Å²) in [6.07, 6.45) is 8.60. The number of hydrogen-bond acceptors (Lipinski definition) is 4. The average Bonchev–Trinajstić information content (AvgIpc) is 3.36. The van der Waals surface area contributed by atoms with Crippen molar-refractivity contribution in [3.8, 4) is 11.5 Å². The number of carbonyl (C=O) groups excluding carboxylic acids is 1. The molecule has 3 aromatic heterocycles. The smallest absolute Gasteiger partial charge is 0.274 e. The van der Waals surface area contributed by atoms with Gasteiger partial charge in [-0.2, -0.15) is 10.2 Å². The summed E-state index contributed by atoms with van der Waals surface area (Å²) in [5.74, 6) is 0.636. The average molecular weight is 339 g/mol. The maximum Gasteiger partial charge on any atom is 0.274 e. The first kappa shape index (κ1) is 15.7. The Morgan fingerprint density at radius 1 is 1.44 bits per heavy atom. The fraction of sp³-hybridized carbons (Fsp3) is 0.389. The first-order valence-electron chi connectivity index (χ1n) is 8.60. The minimum absolute atomic E-state index is 0.0392. The molecule has 0 aliphatic carbocycles. The van der Waals surface area contributed by atoms with Crippen LogP contribution in [0.15, 0.2) is 41.3 Å². The number of H-pyrrole nitrogens is 1. The van der Waals surface area contributed by atoms with Gasteiger partial charge in [-0.1, -0.05) is 0 Å². The second-order valence-electron chi connectivity index (χ2n) is 6.53. The van der Waals surface area contributed by atoms with Gasteiger partial charge < -0.3 is 9.32 Å². The van der Waals surface area contributed by atoms with Crippen LogP contribution >= 0.6 is 0 Å². The molecular weight excluding hydrogens is 318 g/mol. The number of likely N-dealkylation sites (tertiary alicyclic amines) is 1. The predicted molar refractivity (Wildman–Crippen MR) is 91.9 cm³/mol. The van der Waals surface area contributed by atoms with Gasteiger partial charge >= 0.3 is 0 Å². The SMILES string of the molecule is Cc1cnn(C[C@@H]2CCCCN2C(=O)c2cc(-c3ccco3)[nH]n2)c1. The number of rotatable bonds is 4. The van der Waals surface area contributed by atoms with Gasteiger partial charge in [-0.25, -0.2) is 0 Å². The molecule has 1 aliphatic heterocycles. The molecule has 1 fully saturated rings. The summed E-state index contributed by atoms with van der Waals surface area (Å²) >= 11 is 0. The second kappa shape index (κ2) is 6.58. The number of nitrogens with one attached hydrogen (secondary N) is 1. The highest BCUT2D eigenvalue weighted by molar-refractivity contribution is 5.93. The maximum absolute atomic E-state index is 13.0. The second-order valence-corrected chi connectivity index (χ2v) is 6.53. The van der Waals surface area contributed by atoms with E-state index in [4.69, 9.17) is 4.42 Å². The molecule has 4 heterocycles. The van der Waals surface area contributed by atoms with Gasteiger partial charge in [0.25, 0.3) is 5.91 Å². The van der Waals surface area contributed by atoms with Crippen LogP contribution in [0.2, 0.25) is 0 Å². The molecule has 3 aromatic rings. The van der Waals surface area contributed by atoms with Crippen LogP contribution in [0, 0.1) is 6.92 Å². The molecule has 0 saturated carbocycles. The lowest BCUT2D eigenvalue weighted by Gasteiger charge is -2.35. The predicted octanol–water partition coefficient (Wildman–Crippen LogP) is 2.87. The molecule has 0 aromatic carbocycles. The number of aromatic nitrogens is 4. The van der Waals surface area contributed by atoms with Gasteiger partial charge in [-0.3, -0.25) is 14.6 Å². The van der Waals surface area contributed by atoms with Crippen molar-refractivity contribution in [2.45, 2.75) is 38.8 Å². The molecule has 4 rings (SSSR count). The molecule has 130 valence electrons. The van der Waals surface area contributed by atoms with Crippen molar-refractivity contribution in [2.24, 2.45) is 0 Å². The third-order valence-electron chi connectivity index (χ3n) is 4.63. The molecule has 1 amide bonds. The summed E-state index contributed by atoms with van der Waals surface area (Å²) in [6.45, 7) is 3.49. The number of piperidine rings is 1. The number of hydrogen-bond donors (Lipinski definition) is 1. The van der Waals surface area contributed by atoms with Gasteiger partial charge in [0.2, 0.25) is 0 Å². The van der Waals surface area contributed by atoms with Crippen molar-refractivity contribution >= 4 is 5.91 Å². The Morgan fingerprint density at radius 2 is 2.36 bits per heavy atom. The third-order valence-corrected chi connectivity index (χ3v) is 4.63. The van der Waals surface area contributed by atoms with E-state index in [-0.39, 0.29) is 11.9 Å². The molecule has 1 N–H and O–H groups in total. The van der Waals surface area contributed by atoms with E-state index in [0.717, 1.165) is 37.9 Å². The van der Waals surface area contributed by atoms with Gasteiger partial charge in [0.05, 0.1) is 25.0 Å². The summed E-state index contributed by atoms with van der Waals surface area (Å²) in [6, 6.07) is 5.55. The van der Waals surface area contributed by atoms with Crippen molar-refractivity contribution in [3.05, 3.63) is 48.1 Å². The first-order valence-corrected chi connectivity index (χ1v) is 8.60. The highest BCUT2D eigenvalue weighted by Gasteiger charge is 2.29. The van der Waals surface area contributed by atoms with Gasteiger partial charge in [-0.05, 0) is 43.9 Å². The van der Waals surface area contributed by atoms with Crippen LogP contribution in [0.1, 0.15) is 35.3 Å². The standard InChI is InChI=1S/C18H21N5O2/c1-13-10-19-22(11-13)12-14-5-2-3-7-23(14)18(24)16-9-15(20-21-16)17-6-4-8-25-17/h4,6,8-11,14H,2-3,5,7,12H2,1H3,(H,20,21)/t14-/m0/s1. The number of furan rings is 1. The van der Waals surface area contributed by atoms with E-state index in [1.54, 1.807) is 12.3 Å². The van der Waals surface area contributed by atoms with Crippen LogP contribution in [0.4, 0.5) is 0 Å². The van der Waals surface area contributed by atoms with E-state index in [0.29, 0.717) is 17.1 Å². The zero-order valence-corrected chi connectivity index (χ0v) is 14.2. The Morgan fingerprint density at radius 3 is 3.12 bits per heavy atom. The zero-order chi connectivity index (χ0) is 17.2. The van der Waals surface area contributed by atoms with Crippen LogP contribution in [-0.2, 0) is 6.54 Å². The number of nitrogens with zero attached hydrogens (tertiary/aromatic N) is 4. The highest BCUT2D eigenvalue weighted by atomic mass is 16.3. The molecule has 0 bridgehead atoms. The molecule has 7 nitrogen and oxygen atoms in total. The largest absolute Gasteiger partial charge is 0.463 e. The van der Waals surface area contributed by atoms with Crippen molar-refractivity contribution in [3.63, 3.8) is 0 Å². The van der Waals surface area contributed by atoms with Crippen LogP contribution in [0.3, 0.4) is 0 Å². The minimum atomic E-state index is -0.0392. The van der Waals surface area contributed by atoms with E-state index in [2.05, 4.69) is 15.3 Å². The summed E-state index contributed by atoms with van der Waals surface area (Å²) < 4.78 is 7.27. The quantitative estimate of drug-likeness (QED) is 0.792. The molecule has 1 aliphatic rings. The Hall–Kier alpha value is -2.83. The summed E-state index contributed by atoms with van der Waals surface area (Å²) in [5.41, 5.74) is 2.27. The Labute approximate surface area is 145 Å². The molecule has 0 unspecified atom stereocenters. The number of aromatic amines is 1. The molecule has 1 saturated heterocycles. The fourth-order valence-corrected chi connectivity index (χ4v) is 3.38. The van der Waals surface area contributed by atoms with Crippen LogP contribution < -0.4 is 0 Å². The Balaban J connectivity index is 1.52. The van der Waals surface area contributed by atoms with Crippen molar-refractivity contribution in [2.75, 3.05) is 6.54 Å². The molecule has 25 heavy (non-hydrogen) atoms. The fourth-order valence-electron chi connectivity index (χ4n) is 3.38. The lowest BCUT2D eigenvalue weighted by molar-refractivity contribution is 0.0578. The van der Waals surface area contributed by atoms with E-state index in [1.165, 1.54) is 0 Å². The first-order chi connectivity index (χ1) is 12.2.